The molecule has 0 aliphatic rings. The van der Waals surface area contributed by atoms with Crippen LogP contribution < -0.4 is 10.7 Å². The quantitative estimate of drug-likeness (QED) is 0.348. The lowest BCUT2D eigenvalue weighted by Gasteiger charge is -2.08. The van der Waals surface area contributed by atoms with Crippen LogP contribution in [0.25, 0.3) is 16.8 Å². The van der Waals surface area contributed by atoms with Crippen LogP contribution in [0.15, 0.2) is 77.4 Å². The molecule has 0 saturated carbocycles. The Hall–Kier alpha value is -3.73. The summed E-state index contributed by atoms with van der Waals surface area (Å²) >= 11 is 0. The predicted molar refractivity (Wildman–Crippen MR) is 133 cm³/mol. The van der Waals surface area contributed by atoms with Crippen molar-refractivity contribution in [1.82, 2.24) is 5.43 Å². The number of carbonyl (C=O) groups is 2. The highest BCUT2D eigenvalue weighted by Gasteiger charge is 2.08. The number of fused-ring (bicyclic) bond motifs is 1. The number of amides is 2. The second-order valence-electron chi connectivity index (χ2n) is 8.08. The number of hydrogen-bond donors (Lipinski definition) is 2. The summed E-state index contributed by atoms with van der Waals surface area (Å²) in [4.78, 5) is 24.3. The molecule has 2 amide bonds. The molecule has 2 N–H and O–H groups in total. The highest BCUT2D eigenvalue weighted by atomic mass is 16.2. The third-order valence-electron chi connectivity index (χ3n) is 5.10. The van der Waals surface area contributed by atoms with Crippen LogP contribution in [0.2, 0.25) is 0 Å². The molecule has 5 nitrogen and oxygen atoms in total. The summed E-state index contributed by atoms with van der Waals surface area (Å²) in [6.07, 6.45) is 3.75. The van der Waals surface area contributed by atoms with Crippen LogP contribution in [0.1, 0.15) is 50.7 Å². The van der Waals surface area contributed by atoms with Gasteiger partial charge in [-0.05, 0) is 41.0 Å². The van der Waals surface area contributed by atoms with E-state index in [2.05, 4.69) is 54.0 Å². The third-order valence-corrected chi connectivity index (χ3v) is 5.10. The summed E-state index contributed by atoms with van der Waals surface area (Å²) in [7, 11) is 0. The predicted octanol–water partition coefficient (Wildman–Crippen LogP) is 5.89. The first-order valence-corrected chi connectivity index (χ1v) is 10.8. The molecule has 3 rings (SSSR count). The fourth-order valence-electron chi connectivity index (χ4n) is 3.31. The molecule has 0 radical (unpaired) electrons. The number of rotatable bonds is 8. The molecule has 0 spiro atoms. The second-order valence-corrected chi connectivity index (χ2v) is 8.08. The average Bonchev–Trinajstić information content (AvgIpc) is 2.78. The molecule has 0 heterocycles. The third kappa shape index (κ3) is 6.64. The van der Waals surface area contributed by atoms with E-state index < -0.39 is 0 Å². The first kappa shape index (κ1) is 22.9. The van der Waals surface area contributed by atoms with Gasteiger partial charge in [-0.1, -0.05) is 80.6 Å². The van der Waals surface area contributed by atoms with Crippen molar-refractivity contribution in [1.29, 1.82) is 0 Å². The largest absolute Gasteiger partial charge is 0.326 e. The second kappa shape index (κ2) is 11.0. The summed E-state index contributed by atoms with van der Waals surface area (Å²) < 4.78 is 0. The van der Waals surface area contributed by atoms with Crippen LogP contribution in [-0.4, -0.2) is 18.0 Å². The topological polar surface area (TPSA) is 70.6 Å². The number of allylic oxidation sites excluding steroid dienone is 1. The van der Waals surface area contributed by atoms with Crippen LogP contribution >= 0.6 is 0 Å². The lowest BCUT2D eigenvalue weighted by Crippen LogP contribution is -2.20. The summed E-state index contributed by atoms with van der Waals surface area (Å²) in [5, 5.41) is 8.90. The van der Waals surface area contributed by atoms with Gasteiger partial charge in [-0.15, -0.1) is 0 Å². The van der Waals surface area contributed by atoms with Gasteiger partial charge in [0.25, 0.3) is 0 Å². The Bertz CT molecular complexity index is 1140. The van der Waals surface area contributed by atoms with Crippen molar-refractivity contribution in [3.63, 3.8) is 0 Å². The normalized spacial score (nSPS) is 11.8. The molecule has 5 heteroatoms. The molecule has 0 aromatic heterocycles. The maximum atomic E-state index is 12.3. The molecule has 0 atom stereocenters. The smallest absolute Gasteiger partial charge is 0.240 e. The molecule has 0 saturated heterocycles. The summed E-state index contributed by atoms with van der Waals surface area (Å²) in [6.45, 7) is 6.25. The molecule has 164 valence electrons. The van der Waals surface area contributed by atoms with E-state index in [9.17, 15) is 9.59 Å². The van der Waals surface area contributed by atoms with Crippen molar-refractivity contribution in [2.45, 2.75) is 39.5 Å². The van der Waals surface area contributed by atoms with Crippen LogP contribution in [0.4, 0.5) is 5.69 Å². The number of nitrogens with one attached hydrogen (secondary N) is 2. The van der Waals surface area contributed by atoms with Crippen molar-refractivity contribution in [2.24, 2.45) is 5.10 Å². The molecule has 0 unspecified atom stereocenters. The summed E-state index contributed by atoms with van der Waals surface area (Å²) in [6, 6.07) is 22.0. The van der Waals surface area contributed by atoms with Crippen LogP contribution in [0.5, 0.6) is 0 Å². The molecule has 3 aromatic rings. The molecule has 32 heavy (non-hydrogen) atoms. The number of hydrazone groups is 1. The first-order valence-electron chi connectivity index (χ1n) is 10.8. The van der Waals surface area contributed by atoms with E-state index in [0.29, 0.717) is 5.92 Å². The minimum absolute atomic E-state index is 0.0629. The van der Waals surface area contributed by atoms with E-state index in [1.807, 2.05) is 55.5 Å². The highest BCUT2D eigenvalue weighted by molar-refractivity contribution is 6.02. The molecular formula is C27H29N3O2. The number of anilines is 1. The molecule has 0 aliphatic carbocycles. The van der Waals surface area contributed by atoms with E-state index in [0.717, 1.165) is 27.6 Å². The Morgan fingerprint density at radius 2 is 1.59 bits per heavy atom. The van der Waals surface area contributed by atoms with E-state index >= 15 is 0 Å². The number of hydrogen-bond acceptors (Lipinski definition) is 3. The monoisotopic (exact) mass is 427 g/mol. The molecule has 0 fully saturated rings. The zero-order chi connectivity index (χ0) is 22.9. The maximum absolute atomic E-state index is 12.3. The number of benzene rings is 3. The van der Waals surface area contributed by atoms with Crippen LogP contribution in [0, 0.1) is 0 Å². The van der Waals surface area contributed by atoms with Gasteiger partial charge >= 0.3 is 0 Å². The Morgan fingerprint density at radius 1 is 0.906 bits per heavy atom. The van der Waals surface area contributed by atoms with Crippen molar-refractivity contribution in [2.75, 3.05) is 5.32 Å². The average molecular weight is 428 g/mol. The lowest BCUT2D eigenvalue weighted by atomic mass is 10.0. The van der Waals surface area contributed by atoms with Crippen LogP contribution in [-0.2, 0) is 9.59 Å². The van der Waals surface area contributed by atoms with Gasteiger partial charge in [0.05, 0.1) is 6.21 Å². The van der Waals surface area contributed by atoms with E-state index in [1.165, 1.54) is 5.56 Å². The number of nitrogens with zero attached hydrogens (tertiary/aromatic N) is 1. The molecule has 3 aromatic carbocycles. The van der Waals surface area contributed by atoms with Gasteiger partial charge in [0.1, 0.15) is 0 Å². The van der Waals surface area contributed by atoms with Gasteiger partial charge in [0.15, 0.2) is 0 Å². The van der Waals surface area contributed by atoms with E-state index in [1.54, 1.807) is 6.21 Å². The SMILES string of the molecule is CC(/C=N/NC(=O)CCC(=O)Nc1cccc2ccccc12)=C\c1ccc(C(C)C)cc1. The minimum atomic E-state index is -0.302. The van der Waals surface area contributed by atoms with Crippen molar-refractivity contribution in [3.8, 4) is 0 Å². The minimum Gasteiger partial charge on any atom is -0.326 e. The zero-order valence-corrected chi connectivity index (χ0v) is 18.8. The van der Waals surface area contributed by atoms with Gasteiger partial charge in [-0.3, -0.25) is 9.59 Å². The van der Waals surface area contributed by atoms with Crippen molar-refractivity contribution < 1.29 is 9.59 Å². The fourth-order valence-corrected chi connectivity index (χ4v) is 3.31. The Kier molecular flexibility index (Phi) is 7.92. The molecule has 0 aliphatic heterocycles. The first-order chi connectivity index (χ1) is 15.4. The number of carbonyl (C=O) groups excluding carboxylic acids is 2. The highest BCUT2D eigenvalue weighted by Crippen LogP contribution is 2.23. The van der Waals surface area contributed by atoms with Gasteiger partial charge < -0.3 is 5.32 Å². The maximum Gasteiger partial charge on any atom is 0.240 e. The fraction of sp³-hybridized carbons (Fsp3) is 0.222. The van der Waals surface area contributed by atoms with Gasteiger partial charge in [-0.2, -0.15) is 5.10 Å². The van der Waals surface area contributed by atoms with E-state index in [4.69, 9.17) is 0 Å². The Balaban J connectivity index is 1.46. The zero-order valence-electron chi connectivity index (χ0n) is 18.8. The Morgan fingerprint density at radius 3 is 2.34 bits per heavy atom. The summed E-state index contributed by atoms with van der Waals surface area (Å²) in [5.41, 5.74) is 6.51. The van der Waals surface area contributed by atoms with E-state index in [-0.39, 0.29) is 24.7 Å². The van der Waals surface area contributed by atoms with Gasteiger partial charge in [0.2, 0.25) is 11.8 Å². The Labute approximate surface area is 189 Å². The lowest BCUT2D eigenvalue weighted by molar-refractivity contribution is -0.124. The standard InChI is InChI=1S/C27H29N3O2/c1-19(2)22-13-11-21(12-14-22)17-20(3)18-28-30-27(32)16-15-26(31)29-25-10-6-8-23-7-4-5-9-24(23)25/h4-14,17-19H,15-16H2,1-3H3,(H,29,31)(H,30,32)/b20-17+,28-18+. The van der Waals surface area contributed by atoms with Crippen molar-refractivity contribution >= 4 is 40.6 Å². The molecular weight excluding hydrogens is 398 g/mol. The molecule has 0 bridgehead atoms. The van der Waals surface area contributed by atoms with Gasteiger partial charge in [0, 0.05) is 23.9 Å². The van der Waals surface area contributed by atoms with Crippen LogP contribution in [0.3, 0.4) is 0 Å². The van der Waals surface area contributed by atoms with Gasteiger partial charge in [-0.25, -0.2) is 5.43 Å². The van der Waals surface area contributed by atoms with Crippen molar-refractivity contribution in [3.05, 3.63) is 83.4 Å². The summed E-state index contributed by atoms with van der Waals surface area (Å²) in [5.74, 6) is -0.00942.